The summed E-state index contributed by atoms with van der Waals surface area (Å²) < 4.78 is 0. The predicted octanol–water partition coefficient (Wildman–Crippen LogP) is 2.05. The van der Waals surface area contributed by atoms with Crippen molar-refractivity contribution in [2.24, 2.45) is 11.7 Å². The first kappa shape index (κ1) is 18.2. The predicted molar refractivity (Wildman–Crippen MR) is 91.6 cm³/mol. The van der Waals surface area contributed by atoms with Crippen molar-refractivity contribution >= 4 is 29.2 Å². The lowest BCUT2D eigenvalue weighted by Crippen LogP contribution is -2.41. The van der Waals surface area contributed by atoms with Gasteiger partial charge in [0.25, 0.3) is 5.91 Å². The van der Waals surface area contributed by atoms with Gasteiger partial charge < -0.3 is 16.0 Å². The van der Waals surface area contributed by atoms with Crippen LogP contribution in [0.1, 0.15) is 30.6 Å². The quantitative estimate of drug-likeness (QED) is 0.787. The van der Waals surface area contributed by atoms with Crippen LogP contribution in [0.2, 0.25) is 0 Å². The van der Waals surface area contributed by atoms with E-state index < -0.39 is 0 Å². The van der Waals surface area contributed by atoms with Gasteiger partial charge in [-0.3, -0.25) is 9.59 Å². The second-order valence-electron chi connectivity index (χ2n) is 5.63. The maximum absolute atomic E-state index is 12.4. The van der Waals surface area contributed by atoms with E-state index in [0.717, 1.165) is 11.8 Å². The van der Waals surface area contributed by atoms with Gasteiger partial charge in [-0.1, -0.05) is 32.0 Å². The Kier molecular flexibility index (Phi) is 6.59. The number of hydrogen-bond donors (Lipinski definition) is 3. The molecule has 120 valence electrons. The van der Waals surface area contributed by atoms with E-state index in [2.05, 4.69) is 24.1 Å². The molecule has 2 aromatic rings. The number of nitrogens with one attached hydrogen (secondary N) is 2. The van der Waals surface area contributed by atoms with Gasteiger partial charge in [0.1, 0.15) is 0 Å². The Labute approximate surface area is 135 Å². The molecule has 0 bridgehead atoms. The van der Waals surface area contributed by atoms with Gasteiger partial charge in [-0.25, -0.2) is 0 Å². The lowest BCUT2D eigenvalue weighted by molar-refractivity contribution is 0.0935. The molecule has 0 fully saturated rings. The molecule has 0 saturated carbocycles. The Morgan fingerprint density at radius 3 is 2.64 bits per heavy atom. The van der Waals surface area contributed by atoms with Crippen LogP contribution in [0.3, 0.4) is 0 Å². The van der Waals surface area contributed by atoms with Crippen LogP contribution in [-0.2, 0) is 0 Å². The van der Waals surface area contributed by atoms with E-state index in [1.807, 2.05) is 18.2 Å². The largest absolute Gasteiger partial charge is 0.348 e. The topological polar surface area (TPSA) is 88.0 Å². The minimum atomic E-state index is -0.285. The Bertz CT molecular complexity index is 697. The molecule has 2 rings (SSSR count). The molecule has 22 heavy (non-hydrogen) atoms. The summed E-state index contributed by atoms with van der Waals surface area (Å²) >= 11 is 0. The highest BCUT2D eigenvalue weighted by Crippen LogP contribution is 2.15. The Balaban J connectivity index is 0.00000242. The van der Waals surface area contributed by atoms with Crippen LogP contribution in [0.25, 0.3) is 10.9 Å². The van der Waals surface area contributed by atoms with E-state index in [9.17, 15) is 9.59 Å². The van der Waals surface area contributed by atoms with E-state index in [1.54, 1.807) is 6.07 Å². The van der Waals surface area contributed by atoms with Crippen molar-refractivity contribution in [1.82, 2.24) is 10.3 Å². The molecule has 1 aromatic heterocycles. The summed E-state index contributed by atoms with van der Waals surface area (Å²) in [4.78, 5) is 26.8. The van der Waals surface area contributed by atoms with Gasteiger partial charge >= 0.3 is 0 Å². The molecule has 0 aliphatic rings. The molecule has 0 aliphatic carbocycles. The van der Waals surface area contributed by atoms with Crippen molar-refractivity contribution < 1.29 is 4.79 Å². The van der Waals surface area contributed by atoms with E-state index in [4.69, 9.17) is 5.73 Å². The van der Waals surface area contributed by atoms with Crippen LogP contribution < -0.4 is 16.6 Å². The van der Waals surface area contributed by atoms with E-state index in [1.165, 1.54) is 6.07 Å². The molecule has 0 spiro atoms. The highest BCUT2D eigenvalue weighted by atomic mass is 35.5. The lowest BCUT2D eigenvalue weighted by atomic mass is 10.0. The summed E-state index contributed by atoms with van der Waals surface area (Å²) in [6.07, 6.45) is 0.809. The van der Waals surface area contributed by atoms with Crippen LogP contribution in [0.4, 0.5) is 0 Å². The van der Waals surface area contributed by atoms with Crippen molar-refractivity contribution in [1.29, 1.82) is 0 Å². The monoisotopic (exact) mass is 323 g/mol. The number of rotatable bonds is 5. The number of carbonyl (C=O) groups is 1. The number of H-pyrrole nitrogens is 1. The molecule has 0 saturated heterocycles. The van der Waals surface area contributed by atoms with Crippen molar-refractivity contribution in [3.63, 3.8) is 0 Å². The number of benzene rings is 1. The number of halogens is 1. The number of amides is 1. The number of fused-ring (bicyclic) bond motifs is 1. The van der Waals surface area contributed by atoms with Gasteiger partial charge in [0, 0.05) is 29.6 Å². The zero-order valence-corrected chi connectivity index (χ0v) is 13.6. The third-order valence-electron chi connectivity index (χ3n) is 3.37. The highest BCUT2D eigenvalue weighted by Gasteiger charge is 2.16. The minimum Gasteiger partial charge on any atom is -0.348 e. The summed E-state index contributed by atoms with van der Waals surface area (Å²) in [5.41, 5.74) is 6.46. The molecular weight excluding hydrogens is 302 g/mol. The fourth-order valence-corrected chi connectivity index (χ4v) is 2.44. The third kappa shape index (κ3) is 4.32. The van der Waals surface area contributed by atoms with Crippen molar-refractivity contribution in [3.05, 3.63) is 46.2 Å². The first-order valence-electron chi connectivity index (χ1n) is 7.14. The van der Waals surface area contributed by atoms with Gasteiger partial charge in [-0.2, -0.15) is 0 Å². The summed E-state index contributed by atoms with van der Waals surface area (Å²) in [5, 5.41) is 3.65. The Morgan fingerprint density at radius 1 is 1.32 bits per heavy atom. The fraction of sp³-hybridized carbons (Fsp3) is 0.375. The van der Waals surface area contributed by atoms with Gasteiger partial charge in [0.2, 0.25) is 5.56 Å². The lowest BCUT2D eigenvalue weighted by Gasteiger charge is -2.19. The third-order valence-corrected chi connectivity index (χ3v) is 3.37. The number of para-hydroxylation sites is 1. The smallest absolute Gasteiger partial charge is 0.252 e. The molecule has 1 aromatic carbocycles. The zero-order chi connectivity index (χ0) is 15.4. The van der Waals surface area contributed by atoms with Crippen molar-refractivity contribution in [2.75, 3.05) is 6.54 Å². The highest BCUT2D eigenvalue weighted by molar-refractivity contribution is 6.06. The normalized spacial score (nSPS) is 12.0. The second kappa shape index (κ2) is 7.96. The Hall–Kier alpha value is -1.85. The molecule has 1 amide bonds. The van der Waals surface area contributed by atoms with Crippen molar-refractivity contribution in [2.45, 2.75) is 26.3 Å². The maximum Gasteiger partial charge on any atom is 0.252 e. The average Bonchev–Trinajstić information content (AvgIpc) is 2.44. The molecular formula is C16H22ClN3O2. The van der Waals surface area contributed by atoms with E-state index in [0.29, 0.717) is 23.5 Å². The van der Waals surface area contributed by atoms with Crippen LogP contribution >= 0.6 is 12.4 Å². The first-order valence-corrected chi connectivity index (χ1v) is 7.14. The van der Waals surface area contributed by atoms with Crippen LogP contribution in [0.15, 0.2) is 35.1 Å². The SMILES string of the molecule is CC(C)CC(CN)NC(=O)c1cc(=O)[nH]c2ccccc12.Cl. The molecule has 1 unspecified atom stereocenters. The van der Waals surface area contributed by atoms with Gasteiger partial charge in [-0.15, -0.1) is 12.4 Å². The summed E-state index contributed by atoms with van der Waals surface area (Å²) in [6, 6.07) is 8.51. The fourth-order valence-electron chi connectivity index (χ4n) is 2.44. The average molecular weight is 324 g/mol. The standard InChI is InChI=1S/C16H21N3O2.ClH/c1-10(2)7-11(9-17)18-16(21)13-8-15(20)19-14-6-4-3-5-12(13)14;/h3-6,8,10-11H,7,9,17H2,1-2H3,(H,18,21)(H,19,20);1H. The number of aromatic amines is 1. The van der Waals surface area contributed by atoms with Crippen molar-refractivity contribution in [3.8, 4) is 0 Å². The second-order valence-corrected chi connectivity index (χ2v) is 5.63. The van der Waals surface area contributed by atoms with Gasteiger partial charge in [0.05, 0.1) is 5.56 Å². The van der Waals surface area contributed by atoms with Gasteiger partial charge in [0.15, 0.2) is 0 Å². The summed E-state index contributed by atoms with van der Waals surface area (Å²) in [5.74, 6) is 0.183. The summed E-state index contributed by atoms with van der Waals surface area (Å²) in [6.45, 7) is 4.54. The number of carbonyl (C=O) groups excluding carboxylic acids is 1. The number of aromatic nitrogens is 1. The molecule has 0 aliphatic heterocycles. The van der Waals surface area contributed by atoms with Crippen LogP contribution in [0, 0.1) is 5.92 Å². The molecule has 1 heterocycles. The molecule has 1 atom stereocenters. The first-order chi connectivity index (χ1) is 10.0. The molecule has 4 N–H and O–H groups in total. The van der Waals surface area contributed by atoms with Crippen LogP contribution in [0.5, 0.6) is 0 Å². The van der Waals surface area contributed by atoms with E-state index >= 15 is 0 Å². The zero-order valence-electron chi connectivity index (χ0n) is 12.8. The molecule has 5 nitrogen and oxygen atoms in total. The summed E-state index contributed by atoms with van der Waals surface area (Å²) in [7, 11) is 0. The maximum atomic E-state index is 12.4. The number of pyridine rings is 1. The number of hydrogen-bond acceptors (Lipinski definition) is 3. The van der Waals surface area contributed by atoms with Crippen LogP contribution in [-0.4, -0.2) is 23.5 Å². The Morgan fingerprint density at radius 2 is 2.00 bits per heavy atom. The number of nitrogens with two attached hydrogens (primary N) is 1. The minimum absolute atomic E-state index is 0. The van der Waals surface area contributed by atoms with Gasteiger partial charge in [-0.05, 0) is 18.4 Å². The molecule has 6 heteroatoms. The molecule has 0 radical (unpaired) electrons. The van der Waals surface area contributed by atoms with E-state index in [-0.39, 0.29) is 29.9 Å².